The Morgan fingerprint density at radius 2 is 1.95 bits per heavy atom. The van der Waals surface area contributed by atoms with Gasteiger partial charge in [-0.05, 0) is 63.3 Å². The van der Waals surface area contributed by atoms with Crippen molar-refractivity contribution < 1.29 is 0 Å². The minimum Gasteiger partial charge on any atom is -0.330 e. The first-order chi connectivity index (χ1) is 9.65. The van der Waals surface area contributed by atoms with Crippen LogP contribution in [-0.2, 0) is 12.8 Å². The van der Waals surface area contributed by atoms with Gasteiger partial charge in [0.1, 0.15) is 0 Å². The zero-order chi connectivity index (χ0) is 14.1. The molecule has 3 rings (SSSR count). The molecule has 2 aromatic heterocycles. The molecule has 0 saturated carbocycles. The minimum absolute atomic E-state index is 0.586. The molecule has 0 saturated heterocycles. The van der Waals surface area contributed by atoms with E-state index in [2.05, 4.69) is 9.97 Å². The molecule has 0 radical (unpaired) electrons. The number of hydrogen-bond donors (Lipinski definition) is 1. The molecule has 1 atom stereocenters. The number of pyridine rings is 1. The van der Waals surface area contributed by atoms with Crippen molar-refractivity contribution in [2.75, 3.05) is 6.54 Å². The van der Waals surface area contributed by atoms with Gasteiger partial charge >= 0.3 is 0 Å². The Hall–Kier alpha value is -1.81. The van der Waals surface area contributed by atoms with Crippen molar-refractivity contribution in [1.29, 1.82) is 0 Å². The molecule has 0 bridgehead atoms. The number of aryl methyl sites for hydroxylation is 3. The number of fused-ring (bicyclic) bond motifs is 1. The quantitative estimate of drug-likeness (QED) is 0.907. The van der Waals surface area contributed by atoms with E-state index in [4.69, 9.17) is 10.7 Å². The van der Waals surface area contributed by atoms with Gasteiger partial charge < -0.3 is 5.73 Å². The first-order valence-corrected chi connectivity index (χ1v) is 7.16. The molecule has 0 spiro atoms. The third-order valence-electron chi connectivity index (χ3n) is 3.93. The molecule has 0 aromatic carbocycles. The van der Waals surface area contributed by atoms with E-state index in [1.807, 2.05) is 32.2 Å². The monoisotopic (exact) mass is 268 g/mol. The van der Waals surface area contributed by atoms with E-state index in [0.29, 0.717) is 5.92 Å². The molecule has 1 aliphatic rings. The highest BCUT2D eigenvalue weighted by molar-refractivity contribution is 5.56. The van der Waals surface area contributed by atoms with Crippen LogP contribution >= 0.6 is 0 Å². The van der Waals surface area contributed by atoms with Gasteiger partial charge in [0.2, 0.25) is 0 Å². The van der Waals surface area contributed by atoms with Crippen molar-refractivity contribution in [2.24, 2.45) is 11.7 Å². The summed E-state index contributed by atoms with van der Waals surface area (Å²) in [5.41, 5.74) is 11.3. The molecule has 104 valence electrons. The highest BCUT2D eigenvalue weighted by Crippen LogP contribution is 2.25. The number of rotatable bonds is 2. The third-order valence-corrected chi connectivity index (χ3v) is 3.93. The average Bonchev–Trinajstić information content (AvgIpc) is 2.45. The minimum atomic E-state index is 0.586. The van der Waals surface area contributed by atoms with Crippen molar-refractivity contribution in [3.05, 3.63) is 41.0 Å². The highest BCUT2D eigenvalue weighted by atomic mass is 14.9. The largest absolute Gasteiger partial charge is 0.330 e. The molecule has 4 heteroatoms. The summed E-state index contributed by atoms with van der Waals surface area (Å²) < 4.78 is 0. The van der Waals surface area contributed by atoms with Crippen LogP contribution in [0.3, 0.4) is 0 Å². The van der Waals surface area contributed by atoms with Gasteiger partial charge in [0.25, 0.3) is 0 Å². The molecule has 1 aliphatic carbocycles. The third kappa shape index (κ3) is 2.56. The summed E-state index contributed by atoms with van der Waals surface area (Å²) in [5.74, 6) is 1.39. The summed E-state index contributed by atoms with van der Waals surface area (Å²) in [7, 11) is 0. The lowest BCUT2D eigenvalue weighted by molar-refractivity contribution is 0.462. The zero-order valence-corrected chi connectivity index (χ0v) is 12.1. The van der Waals surface area contributed by atoms with Gasteiger partial charge in [-0.1, -0.05) is 0 Å². The smallest absolute Gasteiger partial charge is 0.159 e. The Morgan fingerprint density at radius 1 is 1.20 bits per heavy atom. The van der Waals surface area contributed by atoms with E-state index in [1.165, 1.54) is 11.3 Å². The highest BCUT2D eigenvalue weighted by Gasteiger charge is 2.19. The Labute approximate surface area is 119 Å². The lowest BCUT2D eigenvalue weighted by atomic mass is 9.87. The van der Waals surface area contributed by atoms with Crippen LogP contribution in [0, 0.1) is 19.8 Å². The summed E-state index contributed by atoms with van der Waals surface area (Å²) in [6.07, 6.45) is 5.13. The van der Waals surface area contributed by atoms with Gasteiger partial charge in [-0.25, -0.2) is 9.97 Å². The van der Waals surface area contributed by atoms with Crippen LogP contribution in [0.1, 0.15) is 29.1 Å². The predicted octanol–water partition coefficient (Wildman–Crippen LogP) is 2.22. The van der Waals surface area contributed by atoms with E-state index in [0.717, 1.165) is 48.6 Å². The van der Waals surface area contributed by atoms with Crippen LogP contribution in [-0.4, -0.2) is 21.5 Å². The Morgan fingerprint density at radius 3 is 2.65 bits per heavy atom. The van der Waals surface area contributed by atoms with Gasteiger partial charge in [0.15, 0.2) is 5.82 Å². The van der Waals surface area contributed by atoms with Gasteiger partial charge in [0.05, 0.1) is 0 Å². The fourth-order valence-corrected chi connectivity index (χ4v) is 2.89. The van der Waals surface area contributed by atoms with Crippen LogP contribution in [0.5, 0.6) is 0 Å². The molecule has 2 N–H and O–H groups in total. The Balaban J connectivity index is 1.96. The maximum atomic E-state index is 5.77. The maximum absolute atomic E-state index is 5.77. The first-order valence-electron chi connectivity index (χ1n) is 7.16. The van der Waals surface area contributed by atoms with Gasteiger partial charge in [-0.15, -0.1) is 0 Å². The Bertz CT molecular complexity index is 616. The lowest BCUT2D eigenvalue weighted by Gasteiger charge is -2.22. The summed E-state index contributed by atoms with van der Waals surface area (Å²) in [6, 6.07) is 4.08. The average molecular weight is 268 g/mol. The maximum Gasteiger partial charge on any atom is 0.159 e. The van der Waals surface area contributed by atoms with Crippen molar-refractivity contribution in [3.63, 3.8) is 0 Å². The van der Waals surface area contributed by atoms with Crippen molar-refractivity contribution in [1.82, 2.24) is 15.0 Å². The Kier molecular flexibility index (Phi) is 3.49. The molecular formula is C16H20N4. The second-order valence-electron chi connectivity index (χ2n) is 5.65. The van der Waals surface area contributed by atoms with Gasteiger partial charge in [0, 0.05) is 28.8 Å². The van der Waals surface area contributed by atoms with Crippen LogP contribution < -0.4 is 5.73 Å². The number of hydrogen-bond acceptors (Lipinski definition) is 4. The van der Waals surface area contributed by atoms with Gasteiger partial charge in [-0.2, -0.15) is 0 Å². The van der Waals surface area contributed by atoms with Crippen molar-refractivity contribution in [3.8, 4) is 11.4 Å². The predicted molar refractivity (Wildman–Crippen MR) is 79.3 cm³/mol. The first kappa shape index (κ1) is 13.2. The normalized spacial score (nSPS) is 17.9. The van der Waals surface area contributed by atoms with Gasteiger partial charge in [-0.3, -0.25) is 4.98 Å². The van der Waals surface area contributed by atoms with Crippen LogP contribution in [0.15, 0.2) is 18.3 Å². The second kappa shape index (κ2) is 5.29. The molecule has 2 aromatic rings. The van der Waals surface area contributed by atoms with E-state index in [-0.39, 0.29) is 0 Å². The molecule has 20 heavy (non-hydrogen) atoms. The van der Waals surface area contributed by atoms with Crippen molar-refractivity contribution >= 4 is 0 Å². The number of nitrogens with two attached hydrogens (primary N) is 1. The zero-order valence-electron chi connectivity index (χ0n) is 12.1. The number of aromatic nitrogens is 3. The van der Waals surface area contributed by atoms with Crippen LogP contribution in [0.2, 0.25) is 0 Å². The topological polar surface area (TPSA) is 64.7 Å². The van der Waals surface area contributed by atoms with E-state index in [1.54, 1.807) is 0 Å². The molecule has 0 fully saturated rings. The molecule has 4 nitrogen and oxygen atoms in total. The molecule has 0 aliphatic heterocycles. The van der Waals surface area contributed by atoms with E-state index in [9.17, 15) is 0 Å². The molecule has 2 heterocycles. The molecule has 0 amide bonds. The lowest BCUT2D eigenvalue weighted by Crippen LogP contribution is -2.23. The van der Waals surface area contributed by atoms with Crippen molar-refractivity contribution in [2.45, 2.75) is 33.1 Å². The summed E-state index contributed by atoms with van der Waals surface area (Å²) in [4.78, 5) is 13.7. The van der Waals surface area contributed by atoms with Crippen LogP contribution in [0.25, 0.3) is 11.4 Å². The molecule has 1 unspecified atom stereocenters. The summed E-state index contributed by atoms with van der Waals surface area (Å²) in [6.45, 7) is 4.76. The fraction of sp³-hybridized carbons (Fsp3) is 0.438. The van der Waals surface area contributed by atoms with E-state index >= 15 is 0 Å². The SMILES string of the molecule is Cc1cc(-c2ncc3c(n2)CCC(CN)C3)cc(C)n1. The standard InChI is InChI=1S/C16H20N4/c1-10-5-13(6-11(2)19-10)16-18-9-14-7-12(8-17)3-4-15(14)20-16/h5-6,9,12H,3-4,7-8,17H2,1-2H3. The van der Waals surface area contributed by atoms with Crippen LogP contribution in [0.4, 0.5) is 0 Å². The summed E-state index contributed by atoms with van der Waals surface area (Å²) >= 11 is 0. The van der Waals surface area contributed by atoms with E-state index < -0.39 is 0 Å². The number of nitrogens with zero attached hydrogens (tertiary/aromatic N) is 3. The fourth-order valence-electron chi connectivity index (χ4n) is 2.89. The molecular weight excluding hydrogens is 248 g/mol. The summed E-state index contributed by atoms with van der Waals surface area (Å²) in [5, 5.41) is 0. The second-order valence-corrected chi connectivity index (χ2v) is 5.65.